The zero-order chi connectivity index (χ0) is 15.2. The van der Waals surface area contributed by atoms with Gasteiger partial charge in [-0.15, -0.1) is 11.3 Å². The lowest BCUT2D eigenvalue weighted by Gasteiger charge is -2.35. The van der Waals surface area contributed by atoms with Gasteiger partial charge in [-0.05, 0) is 23.8 Å². The predicted molar refractivity (Wildman–Crippen MR) is 92.0 cm³/mol. The van der Waals surface area contributed by atoms with Gasteiger partial charge in [0, 0.05) is 44.0 Å². The van der Waals surface area contributed by atoms with Gasteiger partial charge in [0.1, 0.15) is 0 Å². The highest BCUT2D eigenvalue weighted by Crippen LogP contribution is 2.27. The van der Waals surface area contributed by atoms with Crippen molar-refractivity contribution in [2.24, 2.45) is 5.92 Å². The van der Waals surface area contributed by atoms with Gasteiger partial charge in [-0.3, -0.25) is 9.69 Å². The van der Waals surface area contributed by atoms with Crippen LogP contribution in [0.25, 0.3) is 0 Å². The summed E-state index contributed by atoms with van der Waals surface area (Å²) in [7, 11) is 0. The number of hydrogen-bond acceptors (Lipinski definition) is 3. The quantitative estimate of drug-likeness (QED) is 0.825. The summed E-state index contributed by atoms with van der Waals surface area (Å²) in [5, 5.41) is 2.14. The maximum absolute atomic E-state index is 12.4. The lowest BCUT2D eigenvalue weighted by molar-refractivity contribution is -0.133. The topological polar surface area (TPSA) is 23.6 Å². The molecule has 0 spiro atoms. The lowest BCUT2D eigenvalue weighted by Crippen LogP contribution is -2.48. The molecule has 0 unspecified atom stereocenters. The summed E-state index contributed by atoms with van der Waals surface area (Å²) in [5.41, 5.74) is 0. The molecule has 3 rings (SSSR count). The van der Waals surface area contributed by atoms with E-state index in [4.69, 9.17) is 0 Å². The Morgan fingerprint density at radius 2 is 1.91 bits per heavy atom. The lowest BCUT2D eigenvalue weighted by atomic mass is 9.86. The van der Waals surface area contributed by atoms with Crippen LogP contribution < -0.4 is 0 Å². The van der Waals surface area contributed by atoms with Crippen LogP contribution in [0.4, 0.5) is 0 Å². The number of carbonyl (C=O) groups excluding carboxylic acids is 1. The van der Waals surface area contributed by atoms with E-state index in [0.717, 1.165) is 51.5 Å². The number of carbonyl (C=O) groups is 1. The first-order valence-electron chi connectivity index (χ1n) is 8.84. The molecule has 0 radical (unpaired) electrons. The van der Waals surface area contributed by atoms with Crippen LogP contribution in [0.2, 0.25) is 0 Å². The highest BCUT2D eigenvalue weighted by Gasteiger charge is 2.22. The summed E-state index contributed by atoms with van der Waals surface area (Å²) >= 11 is 1.83. The van der Waals surface area contributed by atoms with E-state index in [0.29, 0.717) is 5.91 Å². The number of nitrogens with zero attached hydrogens (tertiary/aromatic N) is 2. The summed E-state index contributed by atoms with van der Waals surface area (Å²) < 4.78 is 0. The van der Waals surface area contributed by atoms with E-state index in [1.165, 1.54) is 37.0 Å². The molecule has 0 atom stereocenters. The first-order valence-corrected chi connectivity index (χ1v) is 9.72. The van der Waals surface area contributed by atoms with Crippen LogP contribution in [-0.2, 0) is 11.3 Å². The zero-order valence-corrected chi connectivity index (χ0v) is 14.3. The smallest absolute Gasteiger partial charge is 0.222 e. The van der Waals surface area contributed by atoms with Gasteiger partial charge >= 0.3 is 0 Å². The number of hydrogen-bond donors (Lipinski definition) is 0. The maximum Gasteiger partial charge on any atom is 0.222 e. The van der Waals surface area contributed by atoms with E-state index < -0.39 is 0 Å². The first-order chi connectivity index (χ1) is 10.8. The Labute approximate surface area is 138 Å². The number of rotatable bonds is 5. The van der Waals surface area contributed by atoms with E-state index in [1.54, 1.807) is 0 Å². The minimum Gasteiger partial charge on any atom is -0.340 e. The van der Waals surface area contributed by atoms with Gasteiger partial charge in [0.05, 0.1) is 0 Å². The molecule has 0 bridgehead atoms. The molecule has 4 heteroatoms. The Bertz CT molecular complexity index is 446. The fraction of sp³-hybridized carbons (Fsp3) is 0.722. The van der Waals surface area contributed by atoms with E-state index in [2.05, 4.69) is 27.3 Å². The molecular weight excluding hydrogens is 292 g/mol. The molecule has 1 aliphatic carbocycles. The average Bonchev–Trinajstić information content (AvgIpc) is 3.07. The molecule has 1 amide bonds. The van der Waals surface area contributed by atoms with Gasteiger partial charge in [0.15, 0.2) is 0 Å². The third kappa shape index (κ3) is 4.56. The monoisotopic (exact) mass is 320 g/mol. The largest absolute Gasteiger partial charge is 0.340 e. The second-order valence-corrected chi connectivity index (χ2v) is 7.81. The molecule has 3 nitrogen and oxygen atoms in total. The van der Waals surface area contributed by atoms with Crippen molar-refractivity contribution in [3.8, 4) is 0 Å². The van der Waals surface area contributed by atoms with E-state index in [9.17, 15) is 4.79 Å². The van der Waals surface area contributed by atoms with Gasteiger partial charge < -0.3 is 4.90 Å². The Balaban J connectivity index is 1.36. The average molecular weight is 321 g/mol. The van der Waals surface area contributed by atoms with Crippen molar-refractivity contribution in [2.75, 3.05) is 26.2 Å². The second-order valence-electron chi connectivity index (χ2n) is 6.78. The molecule has 122 valence electrons. The van der Waals surface area contributed by atoms with Crippen LogP contribution in [-0.4, -0.2) is 41.9 Å². The molecule has 2 aliphatic rings. The number of thiophene rings is 1. The molecule has 2 heterocycles. The van der Waals surface area contributed by atoms with Gasteiger partial charge in [-0.25, -0.2) is 0 Å². The van der Waals surface area contributed by atoms with Crippen molar-refractivity contribution >= 4 is 17.2 Å². The molecule has 0 N–H and O–H groups in total. The first kappa shape index (κ1) is 16.0. The highest BCUT2D eigenvalue weighted by atomic mass is 32.1. The molecule has 1 saturated carbocycles. The van der Waals surface area contributed by atoms with Gasteiger partial charge in [-0.1, -0.05) is 38.2 Å². The third-order valence-corrected chi connectivity index (χ3v) is 6.04. The normalized spacial score (nSPS) is 21.2. The Morgan fingerprint density at radius 1 is 1.14 bits per heavy atom. The Hall–Kier alpha value is -0.870. The van der Waals surface area contributed by atoms with Crippen molar-refractivity contribution in [1.82, 2.24) is 9.80 Å². The summed E-state index contributed by atoms with van der Waals surface area (Å²) in [6.07, 6.45) is 8.74. The zero-order valence-electron chi connectivity index (χ0n) is 13.5. The van der Waals surface area contributed by atoms with E-state index >= 15 is 0 Å². The molecule has 0 aromatic carbocycles. The fourth-order valence-corrected chi connectivity index (χ4v) is 4.49. The van der Waals surface area contributed by atoms with E-state index in [1.807, 2.05) is 11.3 Å². The van der Waals surface area contributed by atoms with Gasteiger partial charge in [0.25, 0.3) is 0 Å². The van der Waals surface area contributed by atoms with Crippen LogP contribution in [0.5, 0.6) is 0 Å². The summed E-state index contributed by atoms with van der Waals surface area (Å²) in [6, 6.07) is 4.32. The fourth-order valence-electron chi connectivity index (χ4n) is 3.74. The highest BCUT2D eigenvalue weighted by molar-refractivity contribution is 7.09. The molecular formula is C18H28N2OS. The number of amides is 1. The second kappa shape index (κ2) is 8.11. The molecule has 1 saturated heterocycles. The predicted octanol–water partition coefficient (Wildman–Crippen LogP) is 3.75. The summed E-state index contributed by atoms with van der Waals surface area (Å²) in [5.74, 6) is 1.21. The van der Waals surface area contributed by atoms with Gasteiger partial charge in [-0.2, -0.15) is 0 Å². The van der Waals surface area contributed by atoms with Crippen LogP contribution in [0.3, 0.4) is 0 Å². The van der Waals surface area contributed by atoms with Crippen LogP contribution in [0.15, 0.2) is 17.5 Å². The van der Waals surface area contributed by atoms with Crippen molar-refractivity contribution in [2.45, 2.75) is 51.5 Å². The molecule has 1 aromatic rings. The van der Waals surface area contributed by atoms with Crippen molar-refractivity contribution < 1.29 is 4.79 Å². The third-order valence-electron chi connectivity index (χ3n) is 5.18. The standard InChI is InChI=1S/C18H28N2OS/c21-18(9-8-16-5-2-1-3-6-16)20-12-10-19(11-13-20)15-17-7-4-14-22-17/h4,7,14,16H,1-3,5-6,8-13,15H2. The van der Waals surface area contributed by atoms with Crippen LogP contribution >= 0.6 is 11.3 Å². The van der Waals surface area contributed by atoms with Crippen LogP contribution in [0.1, 0.15) is 49.8 Å². The minimum atomic E-state index is 0.390. The molecule has 1 aliphatic heterocycles. The molecule has 1 aromatic heterocycles. The van der Waals surface area contributed by atoms with Crippen molar-refractivity contribution in [3.05, 3.63) is 22.4 Å². The SMILES string of the molecule is O=C(CCC1CCCCC1)N1CCN(Cc2cccs2)CC1. The van der Waals surface area contributed by atoms with E-state index in [-0.39, 0.29) is 0 Å². The number of piperazine rings is 1. The molecule has 22 heavy (non-hydrogen) atoms. The Morgan fingerprint density at radius 3 is 2.59 bits per heavy atom. The molecule has 2 fully saturated rings. The van der Waals surface area contributed by atoms with Gasteiger partial charge in [0.2, 0.25) is 5.91 Å². The Kier molecular flexibility index (Phi) is 5.90. The summed E-state index contributed by atoms with van der Waals surface area (Å²) in [6.45, 7) is 4.91. The van der Waals surface area contributed by atoms with Crippen LogP contribution in [0, 0.1) is 5.92 Å². The van der Waals surface area contributed by atoms with Crippen molar-refractivity contribution in [1.29, 1.82) is 0 Å². The minimum absolute atomic E-state index is 0.390. The maximum atomic E-state index is 12.4. The summed E-state index contributed by atoms with van der Waals surface area (Å²) in [4.78, 5) is 18.4. The van der Waals surface area contributed by atoms with Crippen molar-refractivity contribution in [3.63, 3.8) is 0 Å².